The van der Waals surface area contributed by atoms with Crippen LogP contribution in [0.4, 0.5) is 17.1 Å². The highest BCUT2D eigenvalue weighted by molar-refractivity contribution is 6.22. The summed E-state index contributed by atoms with van der Waals surface area (Å²) in [5.41, 5.74) is 0.344. The van der Waals surface area contributed by atoms with E-state index in [0.717, 1.165) is 4.90 Å². The minimum absolute atomic E-state index is 0.0734. The molecular formula is C23H19N3O7. The molecule has 10 heteroatoms. The van der Waals surface area contributed by atoms with Gasteiger partial charge in [0.2, 0.25) is 11.8 Å². The number of hydrogen-bond donors (Lipinski definition) is 1. The van der Waals surface area contributed by atoms with E-state index in [1.807, 2.05) is 12.2 Å². The first-order valence-electron chi connectivity index (χ1n) is 10.2. The largest absolute Gasteiger partial charge is 0.452 e. The van der Waals surface area contributed by atoms with Crippen molar-refractivity contribution < 1.29 is 28.8 Å². The van der Waals surface area contributed by atoms with Gasteiger partial charge >= 0.3 is 5.97 Å². The monoisotopic (exact) mass is 449 g/mol. The number of allylic oxidation sites excluding steroid dienone is 2. The molecule has 1 fully saturated rings. The second kappa shape index (κ2) is 9.03. The molecule has 1 saturated heterocycles. The predicted molar refractivity (Wildman–Crippen MR) is 116 cm³/mol. The highest BCUT2D eigenvalue weighted by Gasteiger charge is 2.47. The third-order valence-electron chi connectivity index (χ3n) is 5.52. The summed E-state index contributed by atoms with van der Waals surface area (Å²) in [4.78, 5) is 61.3. The molecular weight excluding hydrogens is 430 g/mol. The summed E-state index contributed by atoms with van der Waals surface area (Å²) in [6, 6.07) is 11.3. The number of fused-ring (bicyclic) bond motifs is 1. The van der Waals surface area contributed by atoms with E-state index in [4.69, 9.17) is 4.74 Å². The number of carbonyl (C=O) groups is 4. The molecule has 168 valence electrons. The van der Waals surface area contributed by atoms with Crippen LogP contribution in [0.3, 0.4) is 0 Å². The number of imide groups is 1. The van der Waals surface area contributed by atoms with Crippen molar-refractivity contribution >= 4 is 40.8 Å². The number of carbonyl (C=O) groups excluding carboxylic acids is 4. The summed E-state index contributed by atoms with van der Waals surface area (Å²) >= 11 is 0. The van der Waals surface area contributed by atoms with E-state index in [9.17, 15) is 29.3 Å². The molecule has 0 spiro atoms. The van der Waals surface area contributed by atoms with E-state index in [1.54, 1.807) is 6.07 Å². The lowest BCUT2D eigenvalue weighted by Crippen LogP contribution is -2.31. The van der Waals surface area contributed by atoms with Crippen molar-refractivity contribution in [3.8, 4) is 0 Å². The normalized spacial score (nSPS) is 19.2. The van der Waals surface area contributed by atoms with Crippen LogP contribution in [0, 0.1) is 22.0 Å². The zero-order valence-electron chi connectivity index (χ0n) is 17.3. The first-order valence-corrected chi connectivity index (χ1v) is 10.2. The van der Waals surface area contributed by atoms with Gasteiger partial charge < -0.3 is 10.1 Å². The molecule has 0 unspecified atom stereocenters. The van der Waals surface area contributed by atoms with E-state index in [1.165, 1.54) is 42.5 Å². The predicted octanol–water partition coefficient (Wildman–Crippen LogP) is 2.85. The molecule has 1 aliphatic carbocycles. The van der Waals surface area contributed by atoms with Crippen molar-refractivity contribution in [2.45, 2.75) is 12.8 Å². The second-order valence-corrected chi connectivity index (χ2v) is 7.65. The Bertz CT molecular complexity index is 1160. The molecule has 0 aromatic heterocycles. The number of non-ortho nitro benzene ring substituents is 1. The second-order valence-electron chi connectivity index (χ2n) is 7.65. The highest BCUT2D eigenvalue weighted by Crippen LogP contribution is 2.37. The lowest BCUT2D eigenvalue weighted by atomic mass is 9.85. The number of nitrogens with zero attached hydrogens (tertiary/aromatic N) is 2. The van der Waals surface area contributed by atoms with Gasteiger partial charge in [0.25, 0.3) is 11.6 Å². The zero-order valence-corrected chi connectivity index (χ0v) is 17.3. The third kappa shape index (κ3) is 4.49. The minimum Gasteiger partial charge on any atom is -0.452 e. The quantitative estimate of drug-likeness (QED) is 0.235. The Morgan fingerprint density at radius 1 is 1.03 bits per heavy atom. The van der Waals surface area contributed by atoms with Gasteiger partial charge in [-0.25, -0.2) is 4.79 Å². The molecule has 33 heavy (non-hydrogen) atoms. The number of amides is 3. The van der Waals surface area contributed by atoms with Gasteiger partial charge in [-0.05, 0) is 37.1 Å². The van der Waals surface area contributed by atoms with Crippen LogP contribution in [0.15, 0.2) is 60.7 Å². The molecule has 1 N–H and O–H groups in total. The van der Waals surface area contributed by atoms with Crippen molar-refractivity contribution in [2.75, 3.05) is 16.8 Å². The minimum atomic E-state index is -0.816. The smallest absolute Gasteiger partial charge is 0.338 e. The van der Waals surface area contributed by atoms with Gasteiger partial charge in [-0.15, -0.1) is 0 Å². The first kappa shape index (κ1) is 21.9. The van der Waals surface area contributed by atoms with E-state index in [-0.39, 0.29) is 34.4 Å². The standard InChI is InChI=1S/C23H19N3O7/c27-20(24-15-6-4-8-17(12-15)26(31)32)13-33-23(30)14-5-3-7-16(11-14)25-21(28)18-9-1-2-10-19(18)22(25)29/h1-8,11-12,18-19H,9-10,13H2,(H,24,27)/t18-,19-/m1/s1. The Labute approximate surface area is 188 Å². The molecule has 0 radical (unpaired) electrons. The zero-order chi connectivity index (χ0) is 23.5. The maximum absolute atomic E-state index is 12.7. The number of nitro groups is 1. The highest BCUT2D eigenvalue weighted by atomic mass is 16.6. The molecule has 3 amide bonds. The number of nitrogens with one attached hydrogen (secondary N) is 1. The summed E-state index contributed by atoms with van der Waals surface area (Å²) in [5.74, 6) is -2.87. The van der Waals surface area contributed by atoms with E-state index in [2.05, 4.69) is 5.32 Å². The fourth-order valence-electron chi connectivity index (χ4n) is 3.94. The number of benzene rings is 2. The molecule has 2 aromatic carbocycles. The van der Waals surface area contributed by atoms with Crippen molar-refractivity contribution in [2.24, 2.45) is 11.8 Å². The summed E-state index contributed by atoms with van der Waals surface area (Å²) in [5, 5.41) is 13.2. The van der Waals surface area contributed by atoms with Crippen LogP contribution in [0.2, 0.25) is 0 Å². The van der Waals surface area contributed by atoms with Crippen LogP contribution < -0.4 is 10.2 Å². The Morgan fingerprint density at radius 3 is 2.36 bits per heavy atom. The lowest BCUT2D eigenvalue weighted by Gasteiger charge is -2.15. The Balaban J connectivity index is 1.40. The summed E-state index contributed by atoms with van der Waals surface area (Å²) < 4.78 is 5.02. The average molecular weight is 449 g/mol. The van der Waals surface area contributed by atoms with Gasteiger partial charge in [-0.3, -0.25) is 29.4 Å². The molecule has 2 aromatic rings. The van der Waals surface area contributed by atoms with Crippen LogP contribution in [0.25, 0.3) is 0 Å². The van der Waals surface area contributed by atoms with Crippen LogP contribution in [-0.2, 0) is 19.1 Å². The van der Waals surface area contributed by atoms with Gasteiger partial charge in [0, 0.05) is 17.8 Å². The molecule has 2 aliphatic rings. The summed E-state index contributed by atoms with van der Waals surface area (Å²) in [6.45, 7) is -0.622. The van der Waals surface area contributed by atoms with Crippen LogP contribution >= 0.6 is 0 Å². The molecule has 2 atom stereocenters. The number of ether oxygens (including phenoxy) is 1. The van der Waals surface area contributed by atoms with Gasteiger partial charge in [0.1, 0.15) is 0 Å². The van der Waals surface area contributed by atoms with Gasteiger partial charge in [0.15, 0.2) is 6.61 Å². The van der Waals surface area contributed by atoms with E-state index >= 15 is 0 Å². The van der Waals surface area contributed by atoms with Crippen LogP contribution in [-0.4, -0.2) is 35.2 Å². The molecule has 0 saturated carbocycles. The number of nitro benzene ring substituents is 1. The fourth-order valence-corrected chi connectivity index (χ4v) is 3.94. The van der Waals surface area contributed by atoms with E-state index < -0.39 is 35.2 Å². The first-order chi connectivity index (χ1) is 15.8. The van der Waals surface area contributed by atoms with Crippen molar-refractivity contribution in [3.05, 3.63) is 76.4 Å². The van der Waals surface area contributed by atoms with Crippen LogP contribution in [0.5, 0.6) is 0 Å². The summed E-state index contributed by atoms with van der Waals surface area (Å²) in [7, 11) is 0. The Hall–Kier alpha value is -4.34. The Kier molecular flexibility index (Phi) is 5.99. The van der Waals surface area contributed by atoms with Gasteiger partial charge in [0.05, 0.1) is 28.0 Å². The average Bonchev–Trinajstić information content (AvgIpc) is 3.08. The third-order valence-corrected chi connectivity index (χ3v) is 5.52. The Morgan fingerprint density at radius 2 is 1.70 bits per heavy atom. The molecule has 1 heterocycles. The summed E-state index contributed by atoms with van der Waals surface area (Å²) in [6.07, 6.45) is 4.80. The maximum atomic E-state index is 12.7. The number of esters is 1. The molecule has 10 nitrogen and oxygen atoms in total. The van der Waals surface area contributed by atoms with Crippen molar-refractivity contribution in [1.29, 1.82) is 0 Å². The number of anilines is 2. The number of hydrogen-bond acceptors (Lipinski definition) is 7. The van der Waals surface area contributed by atoms with Crippen molar-refractivity contribution in [1.82, 2.24) is 0 Å². The van der Waals surface area contributed by atoms with Crippen molar-refractivity contribution in [3.63, 3.8) is 0 Å². The van der Waals surface area contributed by atoms with Gasteiger partial charge in [-0.2, -0.15) is 0 Å². The maximum Gasteiger partial charge on any atom is 0.338 e. The molecule has 0 bridgehead atoms. The topological polar surface area (TPSA) is 136 Å². The lowest BCUT2D eigenvalue weighted by molar-refractivity contribution is -0.384. The SMILES string of the molecule is O=C(COC(=O)c1cccc(N2C(=O)[C@@H]3CC=CC[C@H]3C2=O)c1)Nc1cccc([N+](=O)[O-])c1. The molecule has 4 rings (SSSR count). The van der Waals surface area contributed by atoms with Crippen LogP contribution in [0.1, 0.15) is 23.2 Å². The number of rotatable bonds is 6. The fraction of sp³-hybridized carbons (Fsp3) is 0.217. The van der Waals surface area contributed by atoms with Gasteiger partial charge in [-0.1, -0.05) is 24.3 Å². The molecule has 1 aliphatic heterocycles. The van der Waals surface area contributed by atoms with E-state index in [0.29, 0.717) is 12.8 Å².